The quantitative estimate of drug-likeness (QED) is 0.867. The zero-order valence-corrected chi connectivity index (χ0v) is 14.4. The van der Waals surface area contributed by atoms with Crippen molar-refractivity contribution in [1.82, 2.24) is 4.31 Å². The Morgan fingerprint density at radius 1 is 1.42 bits per heavy atom. The standard InChI is InChI=1S/C14H16F3N3O2S.ClH/c1-9(19)10-4-5-20(8-10)23(21,22)12-2-3-13(14(15,16)17)11(6-12)7-18;/h2-3,6,9-10H,4-5,8,19H2,1H3;1H. The number of halogens is 4. The van der Waals surface area contributed by atoms with Crippen LogP contribution in [-0.2, 0) is 16.2 Å². The third kappa shape index (κ3) is 4.00. The Morgan fingerprint density at radius 3 is 2.50 bits per heavy atom. The van der Waals surface area contributed by atoms with Gasteiger partial charge in [0.25, 0.3) is 0 Å². The highest BCUT2D eigenvalue weighted by Crippen LogP contribution is 2.34. The molecule has 2 unspecified atom stereocenters. The van der Waals surface area contributed by atoms with Crippen LogP contribution in [0, 0.1) is 17.2 Å². The number of sulfonamides is 1. The zero-order chi connectivity index (χ0) is 17.4. The number of rotatable bonds is 3. The maximum Gasteiger partial charge on any atom is 0.417 e. The fourth-order valence-electron chi connectivity index (χ4n) is 2.57. The van der Waals surface area contributed by atoms with Gasteiger partial charge >= 0.3 is 6.18 Å². The van der Waals surface area contributed by atoms with Crippen molar-refractivity contribution in [2.45, 2.75) is 30.5 Å². The SMILES string of the molecule is CC(N)C1CCN(S(=O)(=O)c2ccc(C(F)(F)F)c(C#N)c2)C1.Cl. The van der Waals surface area contributed by atoms with Crippen molar-refractivity contribution in [1.29, 1.82) is 5.26 Å². The molecule has 134 valence electrons. The summed E-state index contributed by atoms with van der Waals surface area (Å²) in [7, 11) is -3.94. The van der Waals surface area contributed by atoms with E-state index in [1.807, 2.05) is 0 Å². The minimum absolute atomic E-state index is 0. The van der Waals surface area contributed by atoms with Gasteiger partial charge in [-0.15, -0.1) is 12.4 Å². The lowest BCUT2D eigenvalue weighted by molar-refractivity contribution is -0.137. The van der Waals surface area contributed by atoms with Gasteiger partial charge in [0.05, 0.1) is 22.1 Å². The Hall–Kier alpha value is -1.34. The Morgan fingerprint density at radius 2 is 2.04 bits per heavy atom. The molecule has 5 nitrogen and oxygen atoms in total. The van der Waals surface area contributed by atoms with E-state index in [0.717, 1.165) is 12.1 Å². The number of alkyl halides is 3. The average molecular weight is 384 g/mol. The molecule has 10 heteroatoms. The molecule has 0 aliphatic carbocycles. The molecule has 0 spiro atoms. The molecule has 1 aromatic carbocycles. The maximum atomic E-state index is 12.8. The summed E-state index contributed by atoms with van der Waals surface area (Å²) in [5, 5.41) is 8.88. The van der Waals surface area contributed by atoms with Crippen LogP contribution in [0.5, 0.6) is 0 Å². The first kappa shape index (κ1) is 20.7. The smallest absolute Gasteiger partial charge is 0.328 e. The highest BCUT2D eigenvalue weighted by atomic mass is 35.5. The van der Waals surface area contributed by atoms with E-state index in [1.54, 1.807) is 6.92 Å². The Bertz CT molecular complexity index is 745. The monoisotopic (exact) mass is 383 g/mol. The first-order chi connectivity index (χ1) is 10.6. The highest BCUT2D eigenvalue weighted by Gasteiger charge is 2.37. The predicted molar refractivity (Wildman–Crippen MR) is 83.9 cm³/mol. The van der Waals surface area contributed by atoms with Gasteiger partial charge in [-0.05, 0) is 37.5 Å². The van der Waals surface area contributed by atoms with Crippen LogP contribution in [0.25, 0.3) is 0 Å². The number of hydrogen-bond donors (Lipinski definition) is 1. The Kier molecular flexibility index (Phi) is 6.27. The Balaban J connectivity index is 0.00000288. The summed E-state index contributed by atoms with van der Waals surface area (Å²) >= 11 is 0. The van der Waals surface area contributed by atoms with Crippen molar-refractivity contribution < 1.29 is 21.6 Å². The molecule has 0 saturated carbocycles. The van der Waals surface area contributed by atoms with Crippen molar-refractivity contribution in [3.63, 3.8) is 0 Å². The topological polar surface area (TPSA) is 87.2 Å². The van der Waals surface area contributed by atoms with Gasteiger partial charge in [-0.2, -0.15) is 22.7 Å². The lowest BCUT2D eigenvalue weighted by atomic mass is 10.0. The lowest BCUT2D eigenvalue weighted by Gasteiger charge is -2.19. The second-order valence-electron chi connectivity index (χ2n) is 5.59. The van der Waals surface area contributed by atoms with Gasteiger partial charge in [0, 0.05) is 19.1 Å². The molecule has 1 aliphatic rings. The van der Waals surface area contributed by atoms with Gasteiger partial charge in [0.1, 0.15) is 0 Å². The van der Waals surface area contributed by atoms with E-state index in [2.05, 4.69) is 0 Å². The minimum atomic E-state index is -4.71. The lowest BCUT2D eigenvalue weighted by Crippen LogP contribution is -2.33. The van der Waals surface area contributed by atoms with Crippen LogP contribution >= 0.6 is 12.4 Å². The van der Waals surface area contributed by atoms with E-state index in [1.165, 1.54) is 10.4 Å². The molecule has 1 heterocycles. The number of hydrogen-bond acceptors (Lipinski definition) is 4. The van der Waals surface area contributed by atoms with E-state index in [-0.39, 0.29) is 42.4 Å². The Labute approximate surface area is 144 Å². The molecule has 2 rings (SSSR count). The molecule has 1 aliphatic heterocycles. The summed E-state index contributed by atoms with van der Waals surface area (Å²) in [6.07, 6.45) is -4.11. The second kappa shape index (κ2) is 7.27. The molecule has 1 saturated heterocycles. The van der Waals surface area contributed by atoms with Gasteiger partial charge < -0.3 is 5.73 Å². The predicted octanol–water partition coefficient (Wildman–Crippen LogP) is 2.36. The summed E-state index contributed by atoms with van der Waals surface area (Å²) in [6.45, 7) is 2.27. The van der Waals surface area contributed by atoms with Gasteiger partial charge in [0.2, 0.25) is 10.0 Å². The van der Waals surface area contributed by atoms with Crippen LogP contribution in [0.4, 0.5) is 13.2 Å². The number of nitriles is 1. The second-order valence-corrected chi connectivity index (χ2v) is 7.53. The molecule has 1 aromatic rings. The minimum Gasteiger partial charge on any atom is -0.328 e. The molecular weight excluding hydrogens is 367 g/mol. The molecule has 0 radical (unpaired) electrons. The molecule has 0 amide bonds. The van der Waals surface area contributed by atoms with E-state index >= 15 is 0 Å². The number of benzene rings is 1. The van der Waals surface area contributed by atoms with E-state index in [0.29, 0.717) is 12.5 Å². The molecule has 2 N–H and O–H groups in total. The van der Waals surface area contributed by atoms with Crippen LogP contribution in [0.3, 0.4) is 0 Å². The summed E-state index contributed by atoms with van der Waals surface area (Å²) in [5.41, 5.74) is 3.91. The third-order valence-electron chi connectivity index (χ3n) is 3.99. The largest absolute Gasteiger partial charge is 0.417 e. The highest BCUT2D eigenvalue weighted by molar-refractivity contribution is 7.89. The fraction of sp³-hybridized carbons (Fsp3) is 0.500. The van der Waals surface area contributed by atoms with Crippen LogP contribution in [0.1, 0.15) is 24.5 Å². The van der Waals surface area contributed by atoms with Crippen molar-refractivity contribution in [3.05, 3.63) is 29.3 Å². The summed E-state index contributed by atoms with van der Waals surface area (Å²) in [6, 6.07) is 3.53. The van der Waals surface area contributed by atoms with Crippen LogP contribution in [-0.4, -0.2) is 31.9 Å². The van der Waals surface area contributed by atoms with Crippen molar-refractivity contribution in [2.75, 3.05) is 13.1 Å². The van der Waals surface area contributed by atoms with Crippen LogP contribution < -0.4 is 5.73 Å². The van der Waals surface area contributed by atoms with Gasteiger partial charge in [-0.3, -0.25) is 0 Å². The zero-order valence-electron chi connectivity index (χ0n) is 12.7. The molecular formula is C14H17ClF3N3O2S. The van der Waals surface area contributed by atoms with Crippen molar-refractivity contribution >= 4 is 22.4 Å². The molecule has 1 fully saturated rings. The molecule has 0 aromatic heterocycles. The fourth-order valence-corrected chi connectivity index (χ4v) is 4.11. The van der Waals surface area contributed by atoms with Gasteiger partial charge in [0.15, 0.2) is 0 Å². The summed E-state index contributed by atoms with van der Waals surface area (Å²) < 4.78 is 64.6. The first-order valence-corrected chi connectivity index (χ1v) is 8.38. The van der Waals surface area contributed by atoms with Crippen molar-refractivity contribution in [3.8, 4) is 6.07 Å². The van der Waals surface area contributed by atoms with E-state index in [4.69, 9.17) is 11.0 Å². The number of nitrogens with two attached hydrogens (primary N) is 1. The molecule has 24 heavy (non-hydrogen) atoms. The average Bonchev–Trinajstić information content (AvgIpc) is 2.96. The third-order valence-corrected chi connectivity index (χ3v) is 5.85. The maximum absolute atomic E-state index is 12.8. The molecule has 0 bridgehead atoms. The van der Waals surface area contributed by atoms with E-state index in [9.17, 15) is 21.6 Å². The first-order valence-electron chi connectivity index (χ1n) is 6.94. The summed E-state index contributed by atoms with van der Waals surface area (Å²) in [4.78, 5) is -0.313. The van der Waals surface area contributed by atoms with Gasteiger partial charge in [-0.1, -0.05) is 0 Å². The molecule has 2 atom stereocenters. The summed E-state index contributed by atoms with van der Waals surface area (Å²) in [5.74, 6) is 0.00894. The van der Waals surface area contributed by atoms with Crippen LogP contribution in [0.15, 0.2) is 23.1 Å². The normalized spacial score (nSPS) is 20.2. The number of nitrogens with zero attached hydrogens (tertiary/aromatic N) is 2. The van der Waals surface area contributed by atoms with Crippen LogP contribution in [0.2, 0.25) is 0 Å². The van der Waals surface area contributed by atoms with E-state index < -0.39 is 27.3 Å². The van der Waals surface area contributed by atoms with Gasteiger partial charge in [-0.25, -0.2) is 8.42 Å². The van der Waals surface area contributed by atoms with Crippen molar-refractivity contribution in [2.24, 2.45) is 11.7 Å².